The minimum Gasteiger partial charge on any atom is -0.493 e. The molecule has 166 valence electrons. The first-order valence-corrected chi connectivity index (χ1v) is 10.6. The smallest absolute Gasteiger partial charge is 0.287 e. The van der Waals surface area contributed by atoms with E-state index in [2.05, 4.69) is 15.3 Å². The van der Waals surface area contributed by atoms with Gasteiger partial charge in [0.1, 0.15) is 6.20 Å². The maximum absolute atomic E-state index is 12.4. The van der Waals surface area contributed by atoms with Crippen LogP contribution in [0.5, 0.6) is 17.4 Å². The molecule has 3 aromatic rings. The first kappa shape index (κ1) is 22.3. The van der Waals surface area contributed by atoms with Gasteiger partial charge in [-0.15, -0.1) is 0 Å². The quantitative estimate of drug-likeness (QED) is 0.286. The monoisotopic (exact) mass is 482 g/mol. The van der Waals surface area contributed by atoms with Gasteiger partial charge in [-0.05, 0) is 47.7 Å². The Labute approximate surface area is 197 Å². The molecule has 0 aliphatic carbocycles. The number of halogens is 1. The number of nitrogens with zero attached hydrogens (tertiary/aromatic N) is 3. The Morgan fingerprint density at radius 3 is 2.70 bits per heavy atom. The molecule has 2 aromatic carbocycles. The molecule has 1 aliphatic heterocycles. The van der Waals surface area contributed by atoms with Crippen LogP contribution in [0.25, 0.3) is 6.08 Å². The Kier molecular flexibility index (Phi) is 6.57. The van der Waals surface area contributed by atoms with Gasteiger partial charge in [0, 0.05) is 12.1 Å². The van der Waals surface area contributed by atoms with E-state index in [1.54, 1.807) is 42.5 Å². The lowest BCUT2D eigenvalue weighted by atomic mass is 10.2. The van der Waals surface area contributed by atoms with Gasteiger partial charge < -0.3 is 14.8 Å². The van der Waals surface area contributed by atoms with Crippen LogP contribution in [0.2, 0.25) is 5.02 Å². The van der Waals surface area contributed by atoms with E-state index in [0.29, 0.717) is 37.8 Å². The fourth-order valence-electron chi connectivity index (χ4n) is 2.80. The van der Waals surface area contributed by atoms with Gasteiger partial charge in [0.2, 0.25) is 5.88 Å². The number of pyridine rings is 1. The predicted octanol–water partition coefficient (Wildman–Crippen LogP) is 5.34. The number of aromatic nitrogens is 1. The van der Waals surface area contributed by atoms with E-state index in [1.807, 2.05) is 6.07 Å². The van der Waals surface area contributed by atoms with Crippen LogP contribution in [0.3, 0.4) is 0 Å². The van der Waals surface area contributed by atoms with Crippen LogP contribution in [0.15, 0.2) is 70.7 Å². The molecule has 0 spiro atoms. The van der Waals surface area contributed by atoms with Crippen LogP contribution in [-0.4, -0.2) is 28.1 Å². The number of rotatable bonds is 6. The maximum Gasteiger partial charge on any atom is 0.287 e. The molecule has 1 saturated heterocycles. The topological polar surface area (TPSA) is 116 Å². The molecular weight excluding hydrogens is 468 g/mol. The van der Waals surface area contributed by atoms with Crippen molar-refractivity contribution in [2.75, 3.05) is 7.11 Å². The zero-order valence-corrected chi connectivity index (χ0v) is 18.6. The van der Waals surface area contributed by atoms with Crippen molar-refractivity contribution in [3.63, 3.8) is 0 Å². The van der Waals surface area contributed by atoms with Gasteiger partial charge in [-0.3, -0.25) is 14.9 Å². The summed E-state index contributed by atoms with van der Waals surface area (Å²) in [5, 5.41) is 14.4. The summed E-state index contributed by atoms with van der Waals surface area (Å²) in [6.07, 6.45) is 2.81. The summed E-state index contributed by atoms with van der Waals surface area (Å²) in [6, 6.07) is 14.9. The lowest BCUT2D eigenvalue weighted by molar-refractivity contribution is -0.385. The fourth-order valence-corrected chi connectivity index (χ4v) is 3.81. The number of thioether (sulfide) groups is 1. The van der Waals surface area contributed by atoms with Gasteiger partial charge in [0.25, 0.3) is 11.6 Å². The second-order valence-corrected chi connectivity index (χ2v) is 8.00. The van der Waals surface area contributed by atoms with Crippen molar-refractivity contribution < 1.29 is 19.2 Å². The van der Waals surface area contributed by atoms with E-state index in [1.165, 1.54) is 31.0 Å². The molecule has 2 heterocycles. The average Bonchev–Trinajstić information content (AvgIpc) is 3.15. The molecule has 1 fully saturated rings. The van der Waals surface area contributed by atoms with Crippen LogP contribution < -0.4 is 14.8 Å². The Hall–Kier alpha value is -3.89. The largest absolute Gasteiger partial charge is 0.493 e. The molecule has 1 aliphatic rings. The standard InChI is InChI=1S/C22H15ClN4O5S/c1-31-18-10-13(6-8-17(18)32-20-9-7-14(12-24-20)27(29)30)11-19-21(28)26-22(33-19)25-16-5-3-2-4-15(16)23/h2-12H,1H3,(H,25,26,28)/b19-11-. The lowest BCUT2D eigenvalue weighted by Gasteiger charge is -2.10. The second kappa shape index (κ2) is 9.72. The molecule has 0 radical (unpaired) electrons. The third kappa shape index (κ3) is 5.30. The summed E-state index contributed by atoms with van der Waals surface area (Å²) in [5.41, 5.74) is 1.12. The molecule has 33 heavy (non-hydrogen) atoms. The Morgan fingerprint density at radius 2 is 2.00 bits per heavy atom. The fraction of sp³-hybridized carbons (Fsp3) is 0.0455. The number of hydrogen-bond acceptors (Lipinski definition) is 8. The number of amidine groups is 1. The van der Waals surface area contributed by atoms with Crippen molar-refractivity contribution in [3.05, 3.63) is 86.4 Å². The molecule has 0 saturated carbocycles. The molecule has 0 atom stereocenters. The van der Waals surface area contributed by atoms with Crippen LogP contribution >= 0.6 is 23.4 Å². The Bertz CT molecular complexity index is 1290. The minimum absolute atomic E-state index is 0.138. The number of amides is 1. The van der Waals surface area contributed by atoms with E-state index >= 15 is 0 Å². The van der Waals surface area contributed by atoms with Crippen molar-refractivity contribution in [1.82, 2.24) is 10.3 Å². The number of para-hydroxylation sites is 1. The highest BCUT2D eigenvalue weighted by atomic mass is 35.5. The molecule has 1 aromatic heterocycles. The van der Waals surface area contributed by atoms with Gasteiger partial charge in [-0.2, -0.15) is 0 Å². The van der Waals surface area contributed by atoms with Crippen LogP contribution in [0.4, 0.5) is 11.4 Å². The number of nitrogens with one attached hydrogen (secondary N) is 1. The lowest BCUT2D eigenvalue weighted by Crippen LogP contribution is -2.19. The van der Waals surface area contributed by atoms with Gasteiger partial charge in [-0.1, -0.05) is 29.8 Å². The van der Waals surface area contributed by atoms with Crippen molar-refractivity contribution in [2.24, 2.45) is 4.99 Å². The average molecular weight is 483 g/mol. The minimum atomic E-state index is -0.540. The van der Waals surface area contributed by atoms with Gasteiger partial charge in [0.15, 0.2) is 16.7 Å². The summed E-state index contributed by atoms with van der Waals surface area (Å²) in [4.78, 5) is 31.4. The molecule has 9 nitrogen and oxygen atoms in total. The highest BCUT2D eigenvalue weighted by Gasteiger charge is 2.24. The van der Waals surface area contributed by atoms with Gasteiger partial charge in [-0.25, -0.2) is 9.98 Å². The summed E-state index contributed by atoms with van der Waals surface area (Å²) < 4.78 is 11.1. The van der Waals surface area contributed by atoms with Crippen LogP contribution in [0.1, 0.15) is 5.56 Å². The summed E-state index contributed by atoms with van der Waals surface area (Å²) in [6.45, 7) is 0. The number of hydrogen-bond donors (Lipinski definition) is 1. The molecule has 1 amide bonds. The number of aliphatic imine (C=N–C) groups is 1. The summed E-state index contributed by atoms with van der Waals surface area (Å²) >= 11 is 7.33. The first-order valence-electron chi connectivity index (χ1n) is 9.43. The van der Waals surface area contributed by atoms with Crippen LogP contribution in [-0.2, 0) is 4.79 Å². The number of ether oxygens (including phenoxy) is 2. The number of carbonyl (C=O) groups is 1. The second-order valence-electron chi connectivity index (χ2n) is 6.56. The SMILES string of the molecule is COc1cc(/C=C2\SC(=Nc3ccccc3Cl)NC2=O)ccc1Oc1ccc([N+](=O)[O-])cn1. The van der Waals surface area contributed by atoms with Crippen molar-refractivity contribution in [3.8, 4) is 17.4 Å². The highest BCUT2D eigenvalue weighted by Crippen LogP contribution is 2.35. The maximum atomic E-state index is 12.4. The third-order valence-electron chi connectivity index (χ3n) is 4.36. The van der Waals surface area contributed by atoms with Crippen LogP contribution in [0, 0.1) is 10.1 Å². The van der Waals surface area contributed by atoms with E-state index in [4.69, 9.17) is 21.1 Å². The Morgan fingerprint density at radius 1 is 1.18 bits per heavy atom. The molecule has 0 unspecified atom stereocenters. The van der Waals surface area contributed by atoms with Crippen molar-refractivity contribution >= 4 is 51.9 Å². The van der Waals surface area contributed by atoms with Gasteiger partial charge >= 0.3 is 0 Å². The molecule has 0 bridgehead atoms. The normalized spacial score (nSPS) is 15.5. The molecule has 1 N–H and O–H groups in total. The zero-order chi connectivity index (χ0) is 23.4. The summed E-state index contributed by atoms with van der Waals surface area (Å²) in [5.74, 6) is 0.666. The van der Waals surface area contributed by atoms with E-state index in [9.17, 15) is 14.9 Å². The molecule has 4 rings (SSSR count). The highest BCUT2D eigenvalue weighted by molar-refractivity contribution is 8.18. The number of carbonyl (C=O) groups excluding carboxylic acids is 1. The van der Waals surface area contributed by atoms with E-state index < -0.39 is 4.92 Å². The molecule has 11 heteroatoms. The Balaban J connectivity index is 1.53. The molecular formula is C22H15ClN4O5S. The van der Waals surface area contributed by atoms with E-state index in [-0.39, 0.29) is 17.5 Å². The van der Waals surface area contributed by atoms with E-state index in [0.717, 1.165) is 6.20 Å². The third-order valence-corrected chi connectivity index (χ3v) is 5.59. The number of methoxy groups -OCH3 is 1. The predicted molar refractivity (Wildman–Crippen MR) is 126 cm³/mol. The number of nitro groups is 1. The summed E-state index contributed by atoms with van der Waals surface area (Å²) in [7, 11) is 1.48. The number of benzene rings is 2. The first-order chi connectivity index (χ1) is 15.9. The zero-order valence-electron chi connectivity index (χ0n) is 17.0. The van der Waals surface area contributed by atoms with Crippen molar-refractivity contribution in [1.29, 1.82) is 0 Å². The van der Waals surface area contributed by atoms with Gasteiger partial charge in [0.05, 0.1) is 27.6 Å². The van der Waals surface area contributed by atoms with Crippen molar-refractivity contribution in [2.45, 2.75) is 0 Å².